The van der Waals surface area contributed by atoms with E-state index in [1.54, 1.807) is 6.07 Å². The van der Waals surface area contributed by atoms with E-state index in [0.29, 0.717) is 30.5 Å². The van der Waals surface area contributed by atoms with Gasteiger partial charge in [-0.1, -0.05) is 5.16 Å². The van der Waals surface area contributed by atoms with Gasteiger partial charge in [0.25, 0.3) is 0 Å². The number of nitrogens with zero attached hydrogens (tertiary/aromatic N) is 1. The number of anilines is 1. The Hall–Kier alpha value is -1.69. The Kier molecular flexibility index (Phi) is 2.66. The largest absolute Gasteiger partial charge is 0.486 e. The first-order valence-corrected chi connectivity index (χ1v) is 6.27. The lowest BCUT2D eigenvalue weighted by molar-refractivity contribution is 0.170. The maximum atomic E-state index is 5.61. The maximum Gasteiger partial charge on any atom is 0.176 e. The van der Waals surface area contributed by atoms with Crippen LogP contribution >= 0.6 is 15.9 Å². The highest BCUT2D eigenvalue weighted by Crippen LogP contribution is 2.45. The normalized spacial score (nSPS) is 13.7. The minimum atomic E-state index is 0.353. The number of aromatic nitrogens is 1. The van der Waals surface area contributed by atoms with E-state index in [1.165, 1.54) is 0 Å². The van der Waals surface area contributed by atoms with E-state index in [4.69, 9.17) is 19.7 Å². The third kappa shape index (κ3) is 1.73. The first-order chi connectivity index (χ1) is 8.66. The zero-order valence-corrected chi connectivity index (χ0v) is 11.3. The number of ether oxygens (including phenoxy) is 2. The Morgan fingerprint density at radius 3 is 2.78 bits per heavy atom. The highest BCUT2D eigenvalue weighted by Gasteiger charge is 2.22. The number of halogens is 1. The van der Waals surface area contributed by atoms with Gasteiger partial charge in [0.1, 0.15) is 13.2 Å². The summed E-state index contributed by atoms with van der Waals surface area (Å²) in [6, 6.07) is 3.61. The molecule has 0 unspecified atom stereocenters. The molecule has 2 aromatic rings. The molecule has 0 radical (unpaired) electrons. The highest BCUT2D eigenvalue weighted by molar-refractivity contribution is 9.10. The summed E-state index contributed by atoms with van der Waals surface area (Å²) in [6.45, 7) is 3.07. The second kappa shape index (κ2) is 4.20. The first kappa shape index (κ1) is 11.4. The van der Waals surface area contributed by atoms with Crippen LogP contribution in [0.2, 0.25) is 0 Å². The van der Waals surface area contributed by atoms with E-state index < -0.39 is 0 Å². The van der Waals surface area contributed by atoms with E-state index in [1.807, 2.05) is 13.0 Å². The number of hydrogen-bond acceptors (Lipinski definition) is 5. The summed E-state index contributed by atoms with van der Waals surface area (Å²) in [5.41, 5.74) is 7.46. The van der Waals surface area contributed by atoms with E-state index >= 15 is 0 Å². The Balaban J connectivity index is 2.20. The highest BCUT2D eigenvalue weighted by atomic mass is 79.9. The van der Waals surface area contributed by atoms with Crippen LogP contribution in [-0.2, 0) is 0 Å². The zero-order chi connectivity index (χ0) is 12.7. The molecular weight excluding hydrogens is 300 g/mol. The van der Waals surface area contributed by atoms with Gasteiger partial charge in [0, 0.05) is 11.6 Å². The van der Waals surface area contributed by atoms with Gasteiger partial charge in [-0.15, -0.1) is 0 Å². The van der Waals surface area contributed by atoms with E-state index in [2.05, 4.69) is 21.1 Å². The predicted octanol–water partition coefficient (Wildman–Crippen LogP) is 2.77. The third-order valence-corrected chi connectivity index (χ3v) is 3.50. The summed E-state index contributed by atoms with van der Waals surface area (Å²) >= 11 is 3.53. The summed E-state index contributed by atoms with van der Waals surface area (Å²) in [5.74, 6) is 2.39. The van der Waals surface area contributed by atoms with Crippen molar-refractivity contribution in [1.29, 1.82) is 0 Å². The van der Waals surface area contributed by atoms with Crippen molar-refractivity contribution >= 4 is 21.7 Å². The molecule has 1 aromatic heterocycles. The van der Waals surface area contributed by atoms with Crippen molar-refractivity contribution in [2.75, 3.05) is 18.9 Å². The van der Waals surface area contributed by atoms with Crippen molar-refractivity contribution in [2.45, 2.75) is 6.92 Å². The molecule has 0 saturated carbocycles. The van der Waals surface area contributed by atoms with Crippen molar-refractivity contribution in [2.24, 2.45) is 0 Å². The van der Waals surface area contributed by atoms with Crippen molar-refractivity contribution in [3.63, 3.8) is 0 Å². The van der Waals surface area contributed by atoms with Gasteiger partial charge in [-0.25, -0.2) is 0 Å². The topological polar surface area (TPSA) is 70.5 Å². The molecular formula is C12H11BrN2O3. The van der Waals surface area contributed by atoms with Crippen LogP contribution in [0.4, 0.5) is 5.82 Å². The Morgan fingerprint density at radius 2 is 2.06 bits per heavy atom. The summed E-state index contributed by atoms with van der Waals surface area (Å²) in [5, 5.41) is 3.70. The molecule has 1 aliphatic heterocycles. The lowest BCUT2D eigenvalue weighted by Crippen LogP contribution is -2.16. The second-order valence-corrected chi connectivity index (χ2v) is 4.82. The first-order valence-electron chi connectivity index (χ1n) is 5.48. The molecule has 0 spiro atoms. The fourth-order valence-electron chi connectivity index (χ4n) is 1.98. The van der Waals surface area contributed by atoms with Crippen molar-refractivity contribution < 1.29 is 14.0 Å². The Bertz CT molecular complexity index is 610. The number of nitrogens with two attached hydrogens (primary N) is 1. The Morgan fingerprint density at radius 1 is 1.28 bits per heavy atom. The van der Waals surface area contributed by atoms with Crippen LogP contribution in [0, 0.1) is 6.92 Å². The Labute approximate surface area is 112 Å². The van der Waals surface area contributed by atoms with Crippen LogP contribution in [-0.4, -0.2) is 18.4 Å². The van der Waals surface area contributed by atoms with Crippen molar-refractivity contribution in [3.05, 3.63) is 22.2 Å². The average Bonchev–Trinajstić information content (AvgIpc) is 2.76. The quantitative estimate of drug-likeness (QED) is 0.877. The van der Waals surface area contributed by atoms with Crippen LogP contribution in [0.3, 0.4) is 0 Å². The molecule has 2 heterocycles. The molecule has 0 atom stereocenters. The van der Waals surface area contributed by atoms with Crippen molar-refractivity contribution in [1.82, 2.24) is 5.16 Å². The van der Waals surface area contributed by atoms with Crippen LogP contribution in [0.1, 0.15) is 5.56 Å². The van der Waals surface area contributed by atoms with E-state index in [9.17, 15) is 0 Å². The van der Waals surface area contributed by atoms with Crippen molar-refractivity contribution in [3.8, 4) is 22.8 Å². The lowest BCUT2D eigenvalue weighted by atomic mass is 10.1. The van der Waals surface area contributed by atoms with Gasteiger partial charge in [-0.2, -0.15) is 0 Å². The molecule has 3 rings (SSSR count). The van der Waals surface area contributed by atoms with Gasteiger partial charge in [-0.05, 0) is 34.5 Å². The van der Waals surface area contributed by atoms with Crippen LogP contribution in [0.25, 0.3) is 11.3 Å². The molecule has 0 saturated heterocycles. The summed E-state index contributed by atoms with van der Waals surface area (Å²) in [4.78, 5) is 0. The van der Waals surface area contributed by atoms with Gasteiger partial charge >= 0.3 is 0 Å². The zero-order valence-electron chi connectivity index (χ0n) is 9.70. The maximum absolute atomic E-state index is 5.61. The molecule has 0 fully saturated rings. The minimum Gasteiger partial charge on any atom is -0.486 e. The number of rotatable bonds is 1. The summed E-state index contributed by atoms with van der Waals surface area (Å²) < 4.78 is 17.2. The third-order valence-electron chi connectivity index (χ3n) is 2.75. The van der Waals surface area contributed by atoms with Crippen LogP contribution < -0.4 is 15.2 Å². The molecule has 2 N–H and O–H groups in total. The molecule has 1 aromatic carbocycles. The number of nitrogen functional groups attached to an aromatic ring is 1. The number of aryl methyl sites for hydroxylation is 1. The number of benzene rings is 1. The molecule has 18 heavy (non-hydrogen) atoms. The van der Waals surface area contributed by atoms with Gasteiger partial charge in [0.05, 0.1) is 4.47 Å². The second-order valence-electron chi connectivity index (χ2n) is 4.02. The predicted molar refractivity (Wildman–Crippen MR) is 69.8 cm³/mol. The summed E-state index contributed by atoms with van der Waals surface area (Å²) in [6.07, 6.45) is 0. The SMILES string of the molecule is Cc1cc2c(c(Br)c1-c1cc(N)no1)OCCO2. The van der Waals surface area contributed by atoms with E-state index in [0.717, 1.165) is 21.3 Å². The monoisotopic (exact) mass is 310 g/mol. The van der Waals surface area contributed by atoms with Gasteiger partial charge in [0.15, 0.2) is 23.1 Å². The number of fused-ring (bicyclic) bond motifs is 1. The molecule has 5 nitrogen and oxygen atoms in total. The fraction of sp³-hybridized carbons (Fsp3) is 0.250. The molecule has 0 bridgehead atoms. The standard InChI is InChI=1S/C12H11BrN2O3/c1-6-4-8-12(17-3-2-16-8)11(13)10(6)7-5-9(14)15-18-7/h4-5H,2-3H2,1H3,(H2,14,15). The fourth-order valence-corrected chi connectivity index (χ4v) is 2.79. The van der Waals surface area contributed by atoms with Crippen LogP contribution in [0.15, 0.2) is 21.1 Å². The van der Waals surface area contributed by atoms with Gasteiger partial charge in [0.2, 0.25) is 0 Å². The number of hydrogen-bond donors (Lipinski definition) is 1. The van der Waals surface area contributed by atoms with Gasteiger partial charge in [-0.3, -0.25) is 0 Å². The lowest BCUT2D eigenvalue weighted by Gasteiger charge is -2.21. The summed E-state index contributed by atoms with van der Waals surface area (Å²) in [7, 11) is 0. The molecule has 0 aliphatic carbocycles. The average molecular weight is 311 g/mol. The van der Waals surface area contributed by atoms with E-state index in [-0.39, 0.29) is 0 Å². The smallest absolute Gasteiger partial charge is 0.176 e. The molecule has 0 amide bonds. The molecule has 6 heteroatoms. The minimum absolute atomic E-state index is 0.353. The molecule has 94 valence electrons. The molecule has 1 aliphatic rings. The van der Waals surface area contributed by atoms with Gasteiger partial charge < -0.3 is 19.7 Å². The van der Waals surface area contributed by atoms with Crippen LogP contribution in [0.5, 0.6) is 11.5 Å².